The quantitative estimate of drug-likeness (QED) is 0.609. The van der Waals surface area contributed by atoms with E-state index in [-0.39, 0.29) is 22.1 Å². The molecule has 0 radical (unpaired) electrons. The number of aryl methyl sites for hydroxylation is 1. The van der Waals surface area contributed by atoms with Crippen LogP contribution >= 0.6 is 11.6 Å². The summed E-state index contributed by atoms with van der Waals surface area (Å²) in [5.41, 5.74) is 4.71. The monoisotopic (exact) mass is 386 g/mol. The lowest BCUT2D eigenvalue weighted by atomic mass is 10.1. The summed E-state index contributed by atoms with van der Waals surface area (Å²) >= 11 is 6.01. The fraction of sp³-hybridized carbons (Fsp3) is 0.200. The lowest BCUT2D eigenvalue weighted by molar-refractivity contribution is -0.117. The molecule has 6 nitrogen and oxygen atoms in total. The van der Waals surface area contributed by atoms with Gasteiger partial charge in [-0.25, -0.2) is 5.01 Å². The SMILES string of the molecule is CCOc1cc(C=C2C(=O)NN(c3ccc(CC)cc3)C2=O)cc(Cl)c1O. The number of hydrogen-bond donors (Lipinski definition) is 2. The van der Waals surface area contributed by atoms with Gasteiger partial charge in [0.15, 0.2) is 11.5 Å². The highest BCUT2D eigenvalue weighted by Crippen LogP contribution is 2.36. The summed E-state index contributed by atoms with van der Waals surface area (Å²) in [6.07, 6.45) is 2.31. The van der Waals surface area contributed by atoms with E-state index in [1.54, 1.807) is 19.1 Å². The Bertz CT molecular complexity index is 922. The van der Waals surface area contributed by atoms with Crippen LogP contribution in [0, 0.1) is 0 Å². The summed E-state index contributed by atoms with van der Waals surface area (Å²) in [5.74, 6) is -0.969. The van der Waals surface area contributed by atoms with Crippen LogP contribution in [0.25, 0.3) is 6.08 Å². The van der Waals surface area contributed by atoms with Crippen molar-refractivity contribution >= 4 is 35.2 Å². The summed E-state index contributed by atoms with van der Waals surface area (Å²) in [6, 6.07) is 10.4. The van der Waals surface area contributed by atoms with Crippen molar-refractivity contribution in [2.45, 2.75) is 20.3 Å². The van der Waals surface area contributed by atoms with Crippen LogP contribution in [-0.2, 0) is 16.0 Å². The molecular formula is C20H19ClN2O4. The Morgan fingerprint density at radius 3 is 2.52 bits per heavy atom. The van der Waals surface area contributed by atoms with Gasteiger partial charge in [0.2, 0.25) is 0 Å². The fourth-order valence-electron chi connectivity index (χ4n) is 2.73. The number of carbonyl (C=O) groups excluding carboxylic acids is 2. The van der Waals surface area contributed by atoms with Crippen LogP contribution in [0.4, 0.5) is 5.69 Å². The Kier molecular flexibility index (Phi) is 5.37. The van der Waals surface area contributed by atoms with Crippen LogP contribution in [0.3, 0.4) is 0 Å². The van der Waals surface area contributed by atoms with Crippen LogP contribution in [-0.4, -0.2) is 23.5 Å². The predicted molar refractivity (Wildman–Crippen MR) is 104 cm³/mol. The van der Waals surface area contributed by atoms with Crippen molar-refractivity contribution in [2.75, 3.05) is 11.6 Å². The average Bonchev–Trinajstić information content (AvgIpc) is 2.94. The molecule has 27 heavy (non-hydrogen) atoms. The van der Waals surface area contributed by atoms with Gasteiger partial charge in [0.1, 0.15) is 5.57 Å². The third-order valence-corrected chi connectivity index (χ3v) is 4.44. The number of benzene rings is 2. The molecule has 2 aromatic carbocycles. The molecular weight excluding hydrogens is 368 g/mol. The summed E-state index contributed by atoms with van der Waals surface area (Å²) in [6.45, 7) is 4.15. The second kappa shape index (κ2) is 7.72. The first-order valence-corrected chi connectivity index (χ1v) is 8.93. The molecule has 1 fully saturated rings. The van der Waals surface area contributed by atoms with Gasteiger partial charge in [0, 0.05) is 0 Å². The predicted octanol–water partition coefficient (Wildman–Crippen LogP) is 3.47. The van der Waals surface area contributed by atoms with Crippen molar-refractivity contribution in [3.8, 4) is 11.5 Å². The Balaban J connectivity index is 1.92. The minimum absolute atomic E-state index is 0.0289. The van der Waals surface area contributed by atoms with Crippen LogP contribution in [0.1, 0.15) is 25.0 Å². The Hall–Kier alpha value is -2.99. The number of carbonyl (C=O) groups is 2. The van der Waals surface area contributed by atoms with Crippen molar-refractivity contribution in [3.63, 3.8) is 0 Å². The number of halogens is 1. The number of hydrazine groups is 1. The number of hydrogen-bond acceptors (Lipinski definition) is 4. The number of nitrogens with zero attached hydrogens (tertiary/aromatic N) is 1. The van der Waals surface area contributed by atoms with E-state index in [0.29, 0.717) is 17.9 Å². The van der Waals surface area contributed by atoms with Gasteiger partial charge in [-0.1, -0.05) is 30.7 Å². The molecule has 2 N–H and O–H groups in total. The molecule has 1 heterocycles. The molecule has 2 amide bonds. The molecule has 3 rings (SSSR count). The Morgan fingerprint density at radius 2 is 1.89 bits per heavy atom. The van der Waals surface area contributed by atoms with Crippen LogP contribution in [0.5, 0.6) is 11.5 Å². The number of nitrogens with one attached hydrogen (secondary N) is 1. The van der Waals surface area contributed by atoms with Crippen molar-refractivity contribution in [3.05, 3.63) is 58.1 Å². The van der Waals surface area contributed by atoms with Gasteiger partial charge in [0.25, 0.3) is 11.8 Å². The summed E-state index contributed by atoms with van der Waals surface area (Å²) in [7, 11) is 0. The molecule has 0 saturated carbocycles. The highest BCUT2D eigenvalue weighted by atomic mass is 35.5. The first-order chi connectivity index (χ1) is 12.9. The zero-order chi connectivity index (χ0) is 19.6. The largest absolute Gasteiger partial charge is 0.503 e. The molecule has 7 heteroatoms. The van der Waals surface area contributed by atoms with E-state index < -0.39 is 11.8 Å². The molecule has 0 bridgehead atoms. The number of rotatable bonds is 5. The zero-order valence-corrected chi connectivity index (χ0v) is 15.7. The minimum atomic E-state index is -0.512. The van der Waals surface area contributed by atoms with Crippen molar-refractivity contribution in [1.82, 2.24) is 5.43 Å². The first kappa shape index (κ1) is 18.8. The van der Waals surface area contributed by atoms with E-state index in [1.165, 1.54) is 23.2 Å². The van der Waals surface area contributed by atoms with Gasteiger partial charge in [-0.3, -0.25) is 15.0 Å². The topological polar surface area (TPSA) is 78.9 Å². The minimum Gasteiger partial charge on any atom is -0.503 e. The maximum Gasteiger partial charge on any atom is 0.282 e. The summed E-state index contributed by atoms with van der Waals surface area (Å²) in [5, 5.41) is 11.2. The van der Waals surface area contributed by atoms with Crippen molar-refractivity contribution in [1.29, 1.82) is 0 Å². The second-order valence-electron chi connectivity index (χ2n) is 5.94. The standard InChI is InChI=1S/C20H19ClN2O4/c1-3-12-5-7-14(8-6-12)23-20(26)15(19(25)22-23)9-13-10-16(21)18(24)17(11-13)27-4-2/h5-11,24H,3-4H2,1-2H3,(H,22,25). The molecule has 1 aliphatic rings. The number of amides is 2. The van der Waals surface area contributed by atoms with Gasteiger partial charge < -0.3 is 9.84 Å². The maximum atomic E-state index is 12.7. The molecule has 140 valence electrons. The lowest BCUT2D eigenvalue weighted by Crippen LogP contribution is -2.35. The van der Waals surface area contributed by atoms with Gasteiger partial charge in [-0.15, -0.1) is 0 Å². The molecule has 0 atom stereocenters. The second-order valence-corrected chi connectivity index (χ2v) is 6.35. The van der Waals surface area contributed by atoms with Crippen LogP contribution < -0.4 is 15.2 Å². The zero-order valence-electron chi connectivity index (χ0n) is 15.0. The number of phenolic OH excluding ortho intramolecular Hbond substituents is 1. The molecule has 1 aliphatic heterocycles. The smallest absolute Gasteiger partial charge is 0.282 e. The molecule has 1 saturated heterocycles. The first-order valence-electron chi connectivity index (χ1n) is 8.56. The van der Waals surface area contributed by atoms with Gasteiger partial charge in [-0.05, 0) is 54.8 Å². The molecule has 0 unspecified atom stereocenters. The third kappa shape index (κ3) is 3.75. The highest BCUT2D eigenvalue weighted by Gasteiger charge is 2.34. The van der Waals surface area contributed by atoms with E-state index in [4.69, 9.17) is 16.3 Å². The van der Waals surface area contributed by atoms with E-state index in [9.17, 15) is 14.7 Å². The fourth-order valence-corrected chi connectivity index (χ4v) is 2.95. The maximum absolute atomic E-state index is 12.7. The van der Waals surface area contributed by atoms with E-state index >= 15 is 0 Å². The summed E-state index contributed by atoms with van der Waals surface area (Å²) in [4.78, 5) is 25.0. The molecule has 0 spiro atoms. The highest BCUT2D eigenvalue weighted by molar-refractivity contribution is 6.33. The van der Waals surface area contributed by atoms with E-state index in [2.05, 4.69) is 5.43 Å². The van der Waals surface area contributed by atoms with Crippen LogP contribution in [0.2, 0.25) is 5.02 Å². The average molecular weight is 387 g/mol. The Labute approximate surface area is 162 Å². The number of ether oxygens (including phenoxy) is 1. The van der Waals surface area contributed by atoms with Gasteiger partial charge in [-0.2, -0.15) is 0 Å². The van der Waals surface area contributed by atoms with E-state index in [0.717, 1.165) is 12.0 Å². The summed E-state index contributed by atoms with van der Waals surface area (Å²) < 4.78 is 5.33. The normalized spacial score (nSPS) is 15.4. The van der Waals surface area contributed by atoms with E-state index in [1.807, 2.05) is 19.1 Å². The molecule has 0 aromatic heterocycles. The number of anilines is 1. The lowest BCUT2D eigenvalue weighted by Gasteiger charge is -2.14. The van der Waals surface area contributed by atoms with Crippen molar-refractivity contribution in [2.24, 2.45) is 0 Å². The van der Waals surface area contributed by atoms with Crippen LogP contribution in [0.15, 0.2) is 42.0 Å². The Morgan fingerprint density at radius 1 is 1.19 bits per heavy atom. The number of phenols is 1. The van der Waals surface area contributed by atoms with Crippen molar-refractivity contribution < 1.29 is 19.4 Å². The molecule has 2 aromatic rings. The number of aromatic hydroxyl groups is 1. The van der Waals surface area contributed by atoms with Gasteiger partial charge >= 0.3 is 0 Å². The third-order valence-electron chi connectivity index (χ3n) is 4.16. The van der Waals surface area contributed by atoms with Gasteiger partial charge in [0.05, 0.1) is 17.3 Å². The molecule has 0 aliphatic carbocycles.